The van der Waals surface area contributed by atoms with Crippen molar-refractivity contribution in [3.8, 4) is 0 Å². The smallest absolute Gasteiger partial charge is 0.250 e. The Bertz CT molecular complexity index is 237. The summed E-state index contributed by atoms with van der Waals surface area (Å²) in [6.45, 7) is -0.533. The topological polar surface area (TPSA) is 75.1 Å². The summed E-state index contributed by atoms with van der Waals surface area (Å²) in [5, 5.41) is 10.7. The maximum atomic E-state index is 10.6. The molecular formula is C6H7N3O2. The van der Waals surface area contributed by atoms with E-state index in [1.165, 1.54) is 18.7 Å². The summed E-state index contributed by atoms with van der Waals surface area (Å²) < 4.78 is 0. The van der Waals surface area contributed by atoms with Crippen molar-refractivity contribution in [2.45, 2.75) is 0 Å². The lowest BCUT2D eigenvalue weighted by Gasteiger charge is -1.99. The van der Waals surface area contributed by atoms with Crippen LogP contribution in [0.4, 0.5) is 5.69 Å². The van der Waals surface area contributed by atoms with Gasteiger partial charge in [-0.2, -0.15) is 0 Å². The average molecular weight is 153 g/mol. The summed E-state index contributed by atoms with van der Waals surface area (Å²) in [5.41, 5.74) is 0.478. The Labute approximate surface area is 63.1 Å². The number of carbonyl (C=O) groups excluding carboxylic acids is 1. The third kappa shape index (κ3) is 2.30. The van der Waals surface area contributed by atoms with Gasteiger partial charge in [0.25, 0.3) is 0 Å². The highest BCUT2D eigenvalue weighted by atomic mass is 16.3. The fourth-order valence-electron chi connectivity index (χ4n) is 0.564. The molecule has 0 aliphatic rings. The molecule has 0 saturated carbocycles. The van der Waals surface area contributed by atoms with Crippen LogP contribution in [-0.4, -0.2) is 27.6 Å². The number of hydrogen-bond acceptors (Lipinski definition) is 4. The minimum Gasteiger partial charge on any atom is -0.387 e. The zero-order valence-corrected chi connectivity index (χ0v) is 5.69. The predicted molar refractivity (Wildman–Crippen MR) is 37.7 cm³/mol. The molecular weight excluding hydrogens is 146 g/mol. The molecule has 0 bridgehead atoms. The largest absolute Gasteiger partial charge is 0.387 e. The normalized spacial score (nSPS) is 9.18. The highest BCUT2D eigenvalue weighted by Gasteiger charge is 1.97. The van der Waals surface area contributed by atoms with Crippen LogP contribution in [0.5, 0.6) is 0 Å². The molecule has 1 aromatic rings. The molecule has 0 fully saturated rings. The molecule has 0 radical (unpaired) electrons. The summed E-state index contributed by atoms with van der Waals surface area (Å²) >= 11 is 0. The number of carbonyl (C=O) groups is 1. The van der Waals surface area contributed by atoms with Crippen LogP contribution in [0.1, 0.15) is 0 Å². The van der Waals surface area contributed by atoms with E-state index >= 15 is 0 Å². The summed E-state index contributed by atoms with van der Waals surface area (Å²) in [7, 11) is 0. The van der Waals surface area contributed by atoms with Crippen molar-refractivity contribution >= 4 is 11.6 Å². The Morgan fingerprint density at radius 3 is 2.73 bits per heavy atom. The molecule has 58 valence electrons. The van der Waals surface area contributed by atoms with E-state index in [1.54, 1.807) is 0 Å². The second-order valence-corrected chi connectivity index (χ2v) is 1.83. The Hall–Kier alpha value is -1.49. The molecule has 0 unspecified atom stereocenters. The van der Waals surface area contributed by atoms with Crippen LogP contribution >= 0.6 is 0 Å². The highest BCUT2D eigenvalue weighted by molar-refractivity contribution is 5.91. The second kappa shape index (κ2) is 3.62. The Kier molecular flexibility index (Phi) is 2.51. The van der Waals surface area contributed by atoms with Crippen molar-refractivity contribution in [1.29, 1.82) is 0 Å². The molecule has 0 spiro atoms. The lowest BCUT2D eigenvalue weighted by molar-refractivity contribution is -0.118. The van der Waals surface area contributed by atoms with E-state index in [0.29, 0.717) is 5.69 Å². The zero-order chi connectivity index (χ0) is 8.10. The molecule has 11 heavy (non-hydrogen) atoms. The van der Waals surface area contributed by atoms with Crippen molar-refractivity contribution in [3.05, 3.63) is 18.7 Å². The molecule has 0 saturated heterocycles. The van der Waals surface area contributed by atoms with Gasteiger partial charge in [0.05, 0.1) is 18.1 Å². The third-order valence-electron chi connectivity index (χ3n) is 0.988. The van der Waals surface area contributed by atoms with Gasteiger partial charge >= 0.3 is 0 Å². The fraction of sp³-hybridized carbons (Fsp3) is 0.167. The molecule has 0 atom stereocenters. The maximum absolute atomic E-state index is 10.6. The second-order valence-electron chi connectivity index (χ2n) is 1.83. The van der Waals surface area contributed by atoms with Gasteiger partial charge in [0.1, 0.15) is 12.9 Å². The first-order chi connectivity index (χ1) is 5.33. The van der Waals surface area contributed by atoms with Crippen molar-refractivity contribution in [1.82, 2.24) is 9.97 Å². The Morgan fingerprint density at radius 2 is 2.18 bits per heavy atom. The Balaban J connectivity index is 2.58. The van der Waals surface area contributed by atoms with Gasteiger partial charge in [0, 0.05) is 0 Å². The van der Waals surface area contributed by atoms with E-state index in [2.05, 4.69) is 15.3 Å². The molecule has 0 aromatic carbocycles. The van der Waals surface area contributed by atoms with Gasteiger partial charge in [-0.25, -0.2) is 9.97 Å². The van der Waals surface area contributed by atoms with E-state index in [4.69, 9.17) is 5.11 Å². The van der Waals surface area contributed by atoms with E-state index in [-0.39, 0.29) is 0 Å². The van der Waals surface area contributed by atoms with E-state index in [0.717, 1.165) is 0 Å². The van der Waals surface area contributed by atoms with Crippen molar-refractivity contribution in [3.63, 3.8) is 0 Å². The van der Waals surface area contributed by atoms with Gasteiger partial charge in [0.2, 0.25) is 5.91 Å². The zero-order valence-electron chi connectivity index (χ0n) is 5.69. The maximum Gasteiger partial charge on any atom is 0.250 e. The van der Waals surface area contributed by atoms with Crippen LogP contribution in [0.3, 0.4) is 0 Å². The number of aliphatic hydroxyl groups excluding tert-OH is 1. The number of hydrogen-bond donors (Lipinski definition) is 2. The standard InChI is InChI=1S/C6H7N3O2/c10-3-6(11)9-5-1-7-4-8-2-5/h1-2,4,10H,3H2,(H,9,11). The first-order valence-electron chi connectivity index (χ1n) is 2.98. The van der Waals surface area contributed by atoms with Gasteiger partial charge in [-0.05, 0) is 0 Å². The molecule has 2 N–H and O–H groups in total. The molecule has 1 amide bonds. The van der Waals surface area contributed by atoms with Gasteiger partial charge in [-0.1, -0.05) is 0 Å². The number of nitrogens with zero attached hydrogens (tertiary/aromatic N) is 2. The minimum absolute atomic E-state index is 0.472. The molecule has 5 heteroatoms. The number of aromatic nitrogens is 2. The SMILES string of the molecule is O=C(CO)Nc1cncnc1. The van der Waals surface area contributed by atoms with E-state index in [1.807, 2.05) is 0 Å². The fourth-order valence-corrected chi connectivity index (χ4v) is 0.564. The third-order valence-corrected chi connectivity index (χ3v) is 0.988. The quantitative estimate of drug-likeness (QED) is 0.595. The minimum atomic E-state index is -0.533. The number of anilines is 1. The molecule has 1 aromatic heterocycles. The number of amides is 1. The summed E-state index contributed by atoms with van der Waals surface area (Å²) in [6, 6.07) is 0. The molecule has 1 heterocycles. The van der Waals surface area contributed by atoms with Gasteiger partial charge in [-0.15, -0.1) is 0 Å². The lowest BCUT2D eigenvalue weighted by Crippen LogP contribution is -2.15. The first kappa shape index (κ1) is 7.62. The molecule has 1 rings (SSSR count). The van der Waals surface area contributed by atoms with Gasteiger partial charge < -0.3 is 10.4 Å². The molecule has 0 aliphatic carbocycles. The van der Waals surface area contributed by atoms with Crippen LogP contribution < -0.4 is 5.32 Å². The van der Waals surface area contributed by atoms with Crippen molar-refractivity contribution in [2.24, 2.45) is 0 Å². The van der Waals surface area contributed by atoms with Crippen LogP contribution in [0.25, 0.3) is 0 Å². The Morgan fingerprint density at radius 1 is 1.55 bits per heavy atom. The number of nitrogens with one attached hydrogen (secondary N) is 1. The molecule has 5 nitrogen and oxygen atoms in total. The van der Waals surface area contributed by atoms with Crippen LogP contribution in [0.15, 0.2) is 18.7 Å². The molecule has 0 aliphatic heterocycles. The highest BCUT2D eigenvalue weighted by Crippen LogP contribution is 1.98. The number of rotatable bonds is 2. The summed E-state index contributed by atoms with van der Waals surface area (Å²) in [6.07, 6.45) is 4.25. The summed E-state index contributed by atoms with van der Waals surface area (Å²) in [4.78, 5) is 17.9. The number of aliphatic hydroxyl groups is 1. The van der Waals surface area contributed by atoms with E-state index in [9.17, 15) is 4.79 Å². The lowest BCUT2D eigenvalue weighted by atomic mass is 10.5. The van der Waals surface area contributed by atoms with Crippen LogP contribution in [-0.2, 0) is 4.79 Å². The monoisotopic (exact) mass is 153 g/mol. The average Bonchev–Trinajstić information content (AvgIpc) is 2.06. The van der Waals surface area contributed by atoms with Gasteiger partial charge in [-0.3, -0.25) is 4.79 Å². The predicted octanol–water partition coefficient (Wildman–Crippen LogP) is -0.593. The van der Waals surface area contributed by atoms with Crippen molar-refractivity contribution < 1.29 is 9.90 Å². The van der Waals surface area contributed by atoms with Gasteiger partial charge in [0.15, 0.2) is 0 Å². The van der Waals surface area contributed by atoms with Crippen LogP contribution in [0.2, 0.25) is 0 Å². The van der Waals surface area contributed by atoms with Crippen LogP contribution in [0, 0.1) is 0 Å². The van der Waals surface area contributed by atoms with E-state index < -0.39 is 12.5 Å². The summed E-state index contributed by atoms with van der Waals surface area (Å²) in [5.74, 6) is -0.472. The van der Waals surface area contributed by atoms with Crippen molar-refractivity contribution in [2.75, 3.05) is 11.9 Å². The first-order valence-corrected chi connectivity index (χ1v) is 2.98.